The average molecular weight is 269 g/mol. The Balaban J connectivity index is 2.22. The van der Waals surface area contributed by atoms with Gasteiger partial charge in [0.2, 0.25) is 0 Å². The molecule has 5 heteroatoms. The molecule has 0 saturated carbocycles. The van der Waals surface area contributed by atoms with Crippen LogP contribution in [0.1, 0.15) is 18.5 Å². The second-order valence-electron chi connectivity index (χ2n) is 4.16. The highest BCUT2D eigenvalue weighted by molar-refractivity contribution is 5.47. The number of halogens is 4. The molecule has 2 aromatic rings. The molecule has 1 atom stereocenters. The number of anilines is 1. The molecule has 0 heterocycles. The maximum Gasteiger partial charge on any atom is 0.159 e. The van der Waals surface area contributed by atoms with E-state index in [2.05, 4.69) is 5.32 Å². The fourth-order valence-electron chi connectivity index (χ4n) is 1.71. The molecule has 0 aliphatic carbocycles. The van der Waals surface area contributed by atoms with Gasteiger partial charge in [-0.3, -0.25) is 0 Å². The molecule has 0 amide bonds. The van der Waals surface area contributed by atoms with Gasteiger partial charge in [-0.2, -0.15) is 0 Å². The van der Waals surface area contributed by atoms with Crippen LogP contribution in [-0.2, 0) is 0 Å². The number of hydrogen-bond donors (Lipinski definition) is 1. The van der Waals surface area contributed by atoms with Gasteiger partial charge in [0, 0.05) is 6.04 Å². The molecule has 2 aromatic carbocycles. The van der Waals surface area contributed by atoms with Gasteiger partial charge < -0.3 is 5.32 Å². The Hall–Kier alpha value is -2.04. The van der Waals surface area contributed by atoms with Crippen LogP contribution in [0, 0.1) is 23.3 Å². The topological polar surface area (TPSA) is 12.0 Å². The van der Waals surface area contributed by atoms with Crippen molar-refractivity contribution in [3.8, 4) is 0 Å². The van der Waals surface area contributed by atoms with E-state index in [0.717, 1.165) is 30.3 Å². The number of benzene rings is 2. The second kappa shape index (κ2) is 5.30. The lowest BCUT2D eigenvalue weighted by Crippen LogP contribution is -2.09. The SMILES string of the molecule is CC(Nc1cc(F)ccc1F)c1ccc(F)c(F)c1. The molecule has 0 radical (unpaired) electrons. The van der Waals surface area contributed by atoms with Gasteiger partial charge in [-0.05, 0) is 42.8 Å². The normalized spacial score (nSPS) is 12.3. The summed E-state index contributed by atoms with van der Waals surface area (Å²) in [6.45, 7) is 1.64. The van der Waals surface area contributed by atoms with E-state index in [1.807, 2.05) is 0 Å². The zero-order valence-electron chi connectivity index (χ0n) is 10.1. The minimum atomic E-state index is -0.981. The molecule has 0 aliphatic rings. The predicted octanol–water partition coefficient (Wildman–Crippen LogP) is 4.42. The first-order chi connectivity index (χ1) is 8.97. The minimum Gasteiger partial charge on any atom is -0.376 e. The smallest absolute Gasteiger partial charge is 0.159 e. The van der Waals surface area contributed by atoms with E-state index in [9.17, 15) is 17.6 Å². The van der Waals surface area contributed by atoms with E-state index in [4.69, 9.17) is 0 Å². The minimum absolute atomic E-state index is 0.0303. The molecule has 0 aromatic heterocycles. The first kappa shape index (κ1) is 13.4. The maximum absolute atomic E-state index is 13.4. The van der Waals surface area contributed by atoms with Crippen molar-refractivity contribution >= 4 is 5.69 Å². The standard InChI is InChI=1S/C14H11F4N/c1-8(9-2-4-11(16)13(18)6-9)19-14-7-10(15)3-5-12(14)17/h2-8,19H,1H3. The summed E-state index contributed by atoms with van der Waals surface area (Å²) in [5.41, 5.74) is 0.403. The lowest BCUT2D eigenvalue weighted by atomic mass is 10.1. The number of hydrogen-bond acceptors (Lipinski definition) is 1. The maximum atomic E-state index is 13.4. The highest BCUT2D eigenvalue weighted by Crippen LogP contribution is 2.23. The first-order valence-corrected chi connectivity index (χ1v) is 5.64. The largest absolute Gasteiger partial charge is 0.376 e. The van der Waals surface area contributed by atoms with Crippen LogP contribution >= 0.6 is 0 Å². The van der Waals surface area contributed by atoms with Crippen molar-refractivity contribution in [1.29, 1.82) is 0 Å². The van der Waals surface area contributed by atoms with Gasteiger partial charge in [-0.25, -0.2) is 17.6 Å². The fourth-order valence-corrected chi connectivity index (χ4v) is 1.71. The van der Waals surface area contributed by atoms with Gasteiger partial charge in [0.05, 0.1) is 5.69 Å². The summed E-state index contributed by atoms with van der Waals surface area (Å²) >= 11 is 0. The molecule has 0 spiro atoms. The van der Waals surface area contributed by atoms with Crippen molar-refractivity contribution in [3.05, 3.63) is 65.2 Å². The zero-order chi connectivity index (χ0) is 14.0. The zero-order valence-corrected chi connectivity index (χ0v) is 10.1. The molecule has 100 valence electrons. The lowest BCUT2D eigenvalue weighted by molar-refractivity contribution is 0.506. The van der Waals surface area contributed by atoms with Crippen LogP contribution in [0.25, 0.3) is 0 Å². The van der Waals surface area contributed by atoms with E-state index in [1.165, 1.54) is 6.07 Å². The molecule has 1 nitrogen and oxygen atoms in total. The Morgan fingerprint density at radius 3 is 2.21 bits per heavy atom. The highest BCUT2D eigenvalue weighted by Gasteiger charge is 2.11. The number of rotatable bonds is 3. The Morgan fingerprint density at radius 2 is 1.53 bits per heavy atom. The Bertz CT molecular complexity index is 598. The van der Waals surface area contributed by atoms with E-state index in [-0.39, 0.29) is 5.69 Å². The van der Waals surface area contributed by atoms with E-state index < -0.39 is 29.3 Å². The third-order valence-corrected chi connectivity index (χ3v) is 2.74. The molecular formula is C14H11F4N. The van der Waals surface area contributed by atoms with E-state index in [1.54, 1.807) is 6.92 Å². The predicted molar refractivity (Wildman–Crippen MR) is 64.8 cm³/mol. The van der Waals surface area contributed by atoms with Gasteiger partial charge in [-0.15, -0.1) is 0 Å². The summed E-state index contributed by atoms with van der Waals surface area (Å²) in [6.07, 6.45) is 0. The monoisotopic (exact) mass is 269 g/mol. The van der Waals surface area contributed by atoms with Crippen LogP contribution in [0.15, 0.2) is 36.4 Å². The van der Waals surface area contributed by atoms with Crippen LogP contribution < -0.4 is 5.32 Å². The molecule has 1 N–H and O–H groups in total. The molecule has 0 aliphatic heterocycles. The van der Waals surface area contributed by atoms with Crippen molar-refractivity contribution < 1.29 is 17.6 Å². The van der Waals surface area contributed by atoms with Crippen LogP contribution in [0.3, 0.4) is 0 Å². The summed E-state index contributed by atoms with van der Waals surface area (Å²) in [4.78, 5) is 0. The summed E-state index contributed by atoms with van der Waals surface area (Å²) in [5, 5.41) is 2.71. The average Bonchev–Trinajstić information content (AvgIpc) is 2.37. The van der Waals surface area contributed by atoms with Crippen LogP contribution in [-0.4, -0.2) is 0 Å². The summed E-state index contributed by atoms with van der Waals surface area (Å²) in [7, 11) is 0. The molecule has 0 saturated heterocycles. The van der Waals surface area contributed by atoms with Crippen molar-refractivity contribution in [2.45, 2.75) is 13.0 Å². The summed E-state index contributed by atoms with van der Waals surface area (Å²) in [5.74, 6) is -3.13. The fraction of sp³-hybridized carbons (Fsp3) is 0.143. The van der Waals surface area contributed by atoms with Gasteiger partial charge >= 0.3 is 0 Å². The lowest BCUT2D eigenvalue weighted by Gasteiger charge is -2.16. The van der Waals surface area contributed by atoms with E-state index in [0.29, 0.717) is 5.56 Å². The van der Waals surface area contributed by atoms with E-state index >= 15 is 0 Å². The van der Waals surface area contributed by atoms with Crippen molar-refractivity contribution in [3.63, 3.8) is 0 Å². The van der Waals surface area contributed by atoms with Gasteiger partial charge in [-0.1, -0.05) is 6.07 Å². The summed E-state index contributed by atoms with van der Waals surface area (Å²) < 4.78 is 52.3. The van der Waals surface area contributed by atoms with Gasteiger partial charge in [0.1, 0.15) is 11.6 Å². The molecular weight excluding hydrogens is 258 g/mol. The van der Waals surface area contributed by atoms with Gasteiger partial charge in [0.15, 0.2) is 11.6 Å². The Kier molecular flexibility index (Phi) is 3.74. The third-order valence-electron chi connectivity index (χ3n) is 2.74. The molecule has 0 bridgehead atoms. The van der Waals surface area contributed by atoms with Crippen molar-refractivity contribution in [1.82, 2.24) is 0 Å². The second-order valence-corrected chi connectivity index (χ2v) is 4.16. The van der Waals surface area contributed by atoms with Crippen LogP contribution in [0.2, 0.25) is 0 Å². The van der Waals surface area contributed by atoms with Crippen LogP contribution in [0.5, 0.6) is 0 Å². The van der Waals surface area contributed by atoms with Crippen LogP contribution in [0.4, 0.5) is 23.2 Å². The Morgan fingerprint density at radius 1 is 0.842 bits per heavy atom. The molecule has 2 rings (SSSR count). The van der Waals surface area contributed by atoms with Crippen molar-refractivity contribution in [2.24, 2.45) is 0 Å². The first-order valence-electron chi connectivity index (χ1n) is 5.64. The Labute approximate surface area is 107 Å². The number of nitrogens with one attached hydrogen (secondary N) is 1. The molecule has 0 fully saturated rings. The molecule has 19 heavy (non-hydrogen) atoms. The molecule has 1 unspecified atom stereocenters. The van der Waals surface area contributed by atoms with Gasteiger partial charge in [0.25, 0.3) is 0 Å². The quantitative estimate of drug-likeness (QED) is 0.813. The van der Waals surface area contributed by atoms with Crippen molar-refractivity contribution in [2.75, 3.05) is 5.32 Å². The third kappa shape index (κ3) is 3.05. The highest BCUT2D eigenvalue weighted by atomic mass is 19.2. The summed E-state index contributed by atoms with van der Waals surface area (Å²) in [6, 6.07) is 5.90.